The third-order valence-corrected chi connectivity index (χ3v) is 5.13. The van der Waals surface area contributed by atoms with E-state index in [-0.39, 0.29) is 24.7 Å². The lowest BCUT2D eigenvalue weighted by atomic mass is 10.1. The molecule has 0 fully saturated rings. The molecule has 0 saturated heterocycles. The molecule has 8 heteroatoms. The smallest absolute Gasteiger partial charge is 0.224 e. The zero-order valence-electron chi connectivity index (χ0n) is 18.3. The topological polar surface area (TPSA) is 74.6 Å². The molecule has 1 heterocycles. The summed E-state index contributed by atoms with van der Waals surface area (Å²) in [6, 6.07) is 9.55. The Morgan fingerprint density at radius 3 is 2.16 bits per heavy atom. The molecular formula is C23H26FN3O4. The molecule has 0 radical (unpaired) electrons. The Morgan fingerprint density at radius 2 is 1.61 bits per heavy atom. The number of carbonyl (C=O) groups excluding carboxylic acids is 1. The van der Waals surface area contributed by atoms with Gasteiger partial charge < -0.3 is 19.5 Å². The van der Waals surface area contributed by atoms with Crippen LogP contribution in [0.15, 0.2) is 36.4 Å². The summed E-state index contributed by atoms with van der Waals surface area (Å²) in [6.07, 6.45) is 0.166. The minimum absolute atomic E-state index is 0.162. The molecule has 164 valence electrons. The number of hydrogen-bond donors (Lipinski definition) is 1. The molecule has 0 aliphatic carbocycles. The van der Waals surface area contributed by atoms with E-state index < -0.39 is 0 Å². The maximum atomic E-state index is 13.2. The van der Waals surface area contributed by atoms with Crippen molar-refractivity contribution in [3.8, 4) is 22.9 Å². The third kappa shape index (κ3) is 4.79. The van der Waals surface area contributed by atoms with Gasteiger partial charge in [-0.1, -0.05) is 0 Å². The van der Waals surface area contributed by atoms with Crippen LogP contribution >= 0.6 is 0 Å². The normalized spacial score (nSPS) is 10.6. The first-order chi connectivity index (χ1) is 14.9. The first kappa shape index (κ1) is 22.1. The summed E-state index contributed by atoms with van der Waals surface area (Å²) < 4.78 is 31.1. The van der Waals surface area contributed by atoms with Crippen LogP contribution in [0.1, 0.15) is 22.5 Å². The van der Waals surface area contributed by atoms with Crippen LogP contribution in [0.3, 0.4) is 0 Å². The van der Waals surface area contributed by atoms with Crippen LogP contribution in [0.25, 0.3) is 5.69 Å². The fourth-order valence-corrected chi connectivity index (χ4v) is 3.43. The highest BCUT2D eigenvalue weighted by Gasteiger charge is 2.18. The van der Waals surface area contributed by atoms with Crippen molar-refractivity contribution < 1.29 is 23.4 Å². The summed E-state index contributed by atoms with van der Waals surface area (Å²) in [6.45, 7) is 3.98. The van der Waals surface area contributed by atoms with Gasteiger partial charge in [0.25, 0.3) is 0 Å². The number of amides is 1. The number of hydrogen-bond acceptors (Lipinski definition) is 5. The van der Waals surface area contributed by atoms with Crippen LogP contribution in [0.4, 0.5) is 4.39 Å². The van der Waals surface area contributed by atoms with E-state index >= 15 is 0 Å². The van der Waals surface area contributed by atoms with Crippen LogP contribution in [-0.2, 0) is 17.8 Å². The van der Waals surface area contributed by atoms with Crippen molar-refractivity contribution in [3.05, 3.63) is 64.7 Å². The van der Waals surface area contributed by atoms with Crippen LogP contribution < -0.4 is 19.5 Å². The molecule has 0 saturated carbocycles. The number of nitrogens with zero attached hydrogens (tertiary/aromatic N) is 2. The van der Waals surface area contributed by atoms with Gasteiger partial charge in [0.15, 0.2) is 0 Å². The SMILES string of the molecule is COc1cc(OC)c(CNC(=O)Cc2c(C)nn(-c3ccc(F)cc3)c2C)c(OC)c1. The average Bonchev–Trinajstić information content (AvgIpc) is 3.05. The van der Waals surface area contributed by atoms with E-state index in [4.69, 9.17) is 14.2 Å². The molecule has 1 aromatic heterocycles. The van der Waals surface area contributed by atoms with Gasteiger partial charge in [-0.25, -0.2) is 9.07 Å². The lowest BCUT2D eigenvalue weighted by Gasteiger charge is -2.15. The fourth-order valence-electron chi connectivity index (χ4n) is 3.43. The highest BCUT2D eigenvalue weighted by atomic mass is 19.1. The molecule has 7 nitrogen and oxygen atoms in total. The molecule has 0 atom stereocenters. The number of benzene rings is 2. The molecule has 3 aromatic rings. The van der Waals surface area contributed by atoms with Gasteiger partial charge in [-0.3, -0.25) is 4.79 Å². The standard InChI is InChI=1S/C23H26FN3O4/c1-14-19(15(2)27(26-14)17-8-6-16(24)7-9-17)12-23(28)25-13-20-21(30-4)10-18(29-3)11-22(20)31-5/h6-11H,12-13H2,1-5H3,(H,25,28). The number of rotatable bonds is 8. The highest BCUT2D eigenvalue weighted by molar-refractivity contribution is 5.79. The van der Waals surface area contributed by atoms with Gasteiger partial charge in [0.05, 0.1) is 51.2 Å². The van der Waals surface area contributed by atoms with E-state index in [0.29, 0.717) is 17.2 Å². The van der Waals surface area contributed by atoms with E-state index in [1.807, 2.05) is 13.8 Å². The number of ether oxygens (including phenoxy) is 3. The predicted octanol–water partition coefficient (Wildman–Crippen LogP) is 3.51. The van der Waals surface area contributed by atoms with E-state index in [1.165, 1.54) is 12.1 Å². The van der Waals surface area contributed by atoms with Gasteiger partial charge >= 0.3 is 0 Å². The van der Waals surface area contributed by atoms with E-state index in [1.54, 1.807) is 50.3 Å². The summed E-state index contributed by atoms with van der Waals surface area (Å²) in [4.78, 5) is 12.7. The van der Waals surface area contributed by atoms with Crippen LogP contribution in [0.5, 0.6) is 17.2 Å². The van der Waals surface area contributed by atoms with Crippen molar-refractivity contribution >= 4 is 5.91 Å². The molecule has 31 heavy (non-hydrogen) atoms. The number of halogens is 1. The Bertz CT molecular complexity index is 1050. The zero-order chi connectivity index (χ0) is 22.5. The Kier molecular flexibility index (Phi) is 6.79. The van der Waals surface area contributed by atoms with Crippen molar-refractivity contribution in [2.24, 2.45) is 0 Å². The summed E-state index contributed by atoms with van der Waals surface area (Å²) in [7, 11) is 4.67. The molecular weight excluding hydrogens is 401 g/mol. The van der Waals surface area contributed by atoms with Crippen molar-refractivity contribution in [1.29, 1.82) is 0 Å². The van der Waals surface area contributed by atoms with E-state index in [2.05, 4.69) is 10.4 Å². The highest BCUT2D eigenvalue weighted by Crippen LogP contribution is 2.34. The van der Waals surface area contributed by atoms with Gasteiger partial charge in [-0.2, -0.15) is 5.10 Å². The van der Waals surface area contributed by atoms with Gasteiger partial charge in [-0.05, 0) is 38.1 Å². The molecule has 1 N–H and O–H groups in total. The molecule has 1 amide bonds. The molecule has 0 bridgehead atoms. The lowest BCUT2D eigenvalue weighted by molar-refractivity contribution is -0.120. The minimum atomic E-state index is -0.311. The van der Waals surface area contributed by atoms with E-state index in [9.17, 15) is 9.18 Å². The second-order valence-corrected chi connectivity index (χ2v) is 7.00. The number of nitrogens with one attached hydrogen (secondary N) is 1. The van der Waals surface area contributed by atoms with Crippen molar-refractivity contribution in [1.82, 2.24) is 15.1 Å². The van der Waals surface area contributed by atoms with Crippen LogP contribution in [-0.4, -0.2) is 37.0 Å². The van der Waals surface area contributed by atoms with Crippen molar-refractivity contribution in [2.75, 3.05) is 21.3 Å². The number of carbonyl (C=O) groups is 1. The summed E-state index contributed by atoms with van der Waals surface area (Å²) in [5.74, 6) is 1.25. The van der Waals surface area contributed by atoms with E-state index in [0.717, 1.165) is 28.2 Å². The second kappa shape index (κ2) is 9.51. The maximum absolute atomic E-state index is 13.2. The number of methoxy groups -OCH3 is 3. The minimum Gasteiger partial charge on any atom is -0.496 e. The Morgan fingerprint density at radius 1 is 1.00 bits per heavy atom. The Hall–Kier alpha value is -3.55. The summed E-state index contributed by atoms with van der Waals surface area (Å²) in [5.41, 5.74) is 3.86. The summed E-state index contributed by atoms with van der Waals surface area (Å²) >= 11 is 0. The summed E-state index contributed by atoms with van der Waals surface area (Å²) in [5, 5.41) is 7.43. The van der Waals surface area contributed by atoms with Gasteiger partial charge in [0, 0.05) is 23.4 Å². The third-order valence-electron chi connectivity index (χ3n) is 5.13. The monoisotopic (exact) mass is 427 g/mol. The molecule has 0 aliphatic heterocycles. The zero-order valence-corrected chi connectivity index (χ0v) is 18.3. The molecule has 0 aliphatic rings. The molecule has 3 rings (SSSR count). The largest absolute Gasteiger partial charge is 0.496 e. The van der Waals surface area contributed by atoms with Crippen LogP contribution in [0.2, 0.25) is 0 Å². The van der Waals surface area contributed by atoms with Gasteiger partial charge in [0.1, 0.15) is 23.1 Å². The van der Waals surface area contributed by atoms with Crippen molar-refractivity contribution in [3.63, 3.8) is 0 Å². The van der Waals surface area contributed by atoms with Gasteiger partial charge in [-0.15, -0.1) is 0 Å². The lowest BCUT2D eigenvalue weighted by Crippen LogP contribution is -2.25. The van der Waals surface area contributed by atoms with Gasteiger partial charge in [0.2, 0.25) is 5.91 Å². The van der Waals surface area contributed by atoms with Crippen molar-refractivity contribution in [2.45, 2.75) is 26.8 Å². The maximum Gasteiger partial charge on any atom is 0.224 e. The average molecular weight is 427 g/mol. The number of aromatic nitrogens is 2. The quantitative estimate of drug-likeness (QED) is 0.596. The molecule has 2 aromatic carbocycles. The fraction of sp³-hybridized carbons (Fsp3) is 0.304. The van der Waals surface area contributed by atoms with Crippen LogP contribution in [0, 0.1) is 19.7 Å². The molecule has 0 spiro atoms. The molecule has 0 unspecified atom stereocenters. The Labute approximate surface area is 180 Å². The Balaban J connectivity index is 1.76. The number of aryl methyl sites for hydroxylation is 1. The first-order valence-electron chi connectivity index (χ1n) is 9.74. The second-order valence-electron chi connectivity index (χ2n) is 7.00. The first-order valence-corrected chi connectivity index (χ1v) is 9.74. The predicted molar refractivity (Wildman–Crippen MR) is 115 cm³/mol.